The standard InChI is InChI=1S/C15H15N5S2/c1-2-16-15(21)20-19-13-12-11(10-6-4-3-5-7-10)8-22-14(12)18-9-17-13/h3-9H,2H2,1H3,(H2,16,20,21)(H,17,18,19). The third-order valence-corrected chi connectivity index (χ3v) is 4.22. The van der Waals surface area contributed by atoms with Crippen molar-refractivity contribution in [3.63, 3.8) is 0 Å². The van der Waals surface area contributed by atoms with E-state index in [9.17, 15) is 0 Å². The first kappa shape index (κ1) is 14.7. The van der Waals surface area contributed by atoms with Crippen LogP contribution in [0, 0.1) is 0 Å². The van der Waals surface area contributed by atoms with E-state index < -0.39 is 0 Å². The highest BCUT2D eigenvalue weighted by Gasteiger charge is 2.12. The van der Waals surface area contributed by atoms with Crippen molar-refractivity contribution in [1.29, 1.82) is 0 Å². The van der Waals surface area contributed by atoms with Crippen LogP contribution < -0.4 is 16.2 Å². The molecule has 0 aliphatic heterocycles. The van der Waals surface area contributed by atoms with Crippen molar-refractivity contribution in [3.8, 4) is 11.1 Å². The molecule has 112 valence electrons. The zero-order valence-electron chi connectivity index (χ0n) is 12.0. The molecular formula is C15H15N5S2. The maximum absolute atomic E-state index is 5.16. The predicted octanol–water partition coefficient (Wildman–Crippen LogP) is 3.17. The zero-order valence-corrected chi connectivity index (χ0v) is 13.6. The van der Waals surface area contributed by atoms with Crippen LogP contribution in [0.25, 0.3) is 21.3 Å². The number of fused-ring (bicyclic) bond motifs is 1. The largest absolute Gasteiger partial charge is 0.362 e. The molecule has 7 heteroatoms. The summed E-state index contributed by atoms with van der Waals surface area (Å²) in [4.78, 5) is 9.61. The van der Waals surface area contributed by atoms with Crippen molar-refractivity contribution < 1.29 is 0 Å². The van der Waals surface area contributed by atoms with Crippen LogP contribution >= 0.6 is 23.6 Å². The molecular weight excluding hydrogens is 314 g/mol. The number of anilines is 1. The number of nitrogens with zero attached hydrogens (tertiary/aromatic N) is 2. The lowest BCUT2D eigenvalue weighted by molar-refractivity contribution is 0.924. The Morgan fingerprint density at radius 1 is 1.23 bits per heavy atom. The van der Waals surface area contributed by atoms with Crippen LogP contribution in [0.5, 0.6) is 0 Å². The van der Waals surface area contributed by atoms with Crippen LogP contribution in [0.15, 0.2) is 42.0 Å². The number of rotatable bonds is 4. The summed E-state index contributed by atoms with van der Waals surface area (Å²) in [6.45, 7) is 2.75. The van der Waals surface area contributed by atoms with Gasteiger partial charge in [0.25, 0.3) is 0 Å². The van der Waals surface area contributed by atoms with Gasteiger partial charge in [0.2, 0.25) is 0 Å². The topological polar surface area (TPSA) is 61.9 Å². The van der Waals surface area contributed by atoms with E-state index in [1.54, 1.807) is 17.7 Å². The second-order valence-corrected chi connectivity index (χ2v) is 5.79. The Morgan fingerprint density at radius 2 is 2.05 bits per heavy atom. The van der Waals surface area contributed by atoms with Gasteiger partial charge >= 0.3 is 0 Å². The first-order valence-corrected chi connectivity index (χ1v) is 8.16. The Bertz CT molecular complexity index is 785. The molecule has 0 atom stereocenters. The lowest BCUT2D eigenvalue weighted by Crippen LogP contribution is -2.38. The van der Waals surface area contributed by atoms with E-state index in [1.807, 2.05) is 25.1 Å². The smallest absolute Gasteiger partial charge is 0.185 e. The van der Waals surface area contributed by atoms with Gasteiger partial charge in [-0.2, -0.15) is 0 Å². The van der Waals surface area contributed by atoms with Gasteiger partial charge in [0.05, 0.1) is 5.39 Å². The van der Waals surface area contributed by atoms with Crippen LogP contribution in [0.4, 0.5) is 5.82 Å². The third-order valence-electron chi connectivity index (χ3n) is 3.09. The van der Waals surface area contributed by atoms with Gasteiger partial charge in [-0.05, 0) is 24.7 Å². The minimum atomic E-state index is 0.533. The fourth-order valence-electron chi connectivity index (χ4n) is 2.12. The normalized spacial score (nSPS) is 10.4. The van der Waals surface area contributed by atoms with Gasteiger partial charge in [0.1, 0.15) is 11.2 Å². The molecule has 0 saturated carbocycles. The maximum Gasteiger partial charge on any atom is 0.185 e. The Kier molecular flexibility index (Phi) is 4.45. The zero-order chi connectivity index (χ0) is 15.4. The van der Waals surface area contributed by atoms with Gasteiger partial charge in [0, 0.05) is 17.5 Å². The second-order valence-electron chi connectivity index (χ2n) is 4.53. The van der Waals surface area contributed by atoms with Crippen LogP contribution in [0.2, 0.25) is 0 Å². The van der Waals surface area contributed by atoms with E-state index in [-0.39, 0.29) is 0 Å². The molecule has 1 aromatic carbocycles. The van der Waals surface area contributed by atoms with E-state index in [0.29, 0.717) is 10.9 Å². The van der Waals surface area contributed by atoms with Gasteiger partial charge in [0.15, 0.2) is 10.9 Å². The molecule has 0 fully saturated rings. The highest BCUT2D eigenvalue weighted by Crippen LogP contribution is 2.35. The molecule has 0 spiro atoms. The van der Waals surface area contributed by atoms with Crippen LogP contribution in [-0.2, 0) is 0 Å². The van der Waals surface area contributed by atoms with E-state index in [4.69, 9.17) is 12.2 Å². The molecule has 0 radical (unpaired) electrons. The number of thiocarbonyl (C=S) groups is 1. The van der Waals surface area contributed by atoms with E-state index in [2.05, 4.69) is 43.6 Å². The number of benzene rings is 1. The molecule has 2 heterocycles. The molecule has 5 nitrogen and oxygen atoms in total. The summed E-state index contributed by atoms with van der Waals surface area (Å²) in [6.07, 6.45) is 1.55. The monoisotopic (exact) mass is 329 g/mol. The Hall–Kier alpha value is -2.25. The summed E-state index contributed by atoms with van der Waals surface area (Å²) < 4.78 is 0. The molecule has 2 aromatic heterocycles. The van der Waals surface area contributed by atoms with Gasteiger partial charge < -0.3 is 5.32 Å². The van der Waals surface area contributed by atoms with Crippen molar-refractivity contribution in [2.45, 2.75) is 6.92 Å². The number of hydrogen-bond donors (Lipinski definition) is 3. The summed E-state index contributed by atoms with van der Waals surface area (Å²) in [5.41, 5.74) is 8.27. The van der Waals surface area contributed by atoms with E-state index >= 15 is 0 Å². The molecule has 0 unspecified atom stereocenters. The minimum Gasteiger partial charge on any atom is -0.362 e. The summed E-state index contributed by atoms with van der Waals surface area (Å²) >= 11 is 6.76. The van der Waals surface area contributed by atoms with Crippen LogP contribution in [0.3, 0.4) is 0 Å². The molecule has 0 aliphatic carbocycles. The van der Waals surface area contributed by atoms with Gasteiger partial charge in [-0.3, -0.25) is 10.9 Å². The minimum absolute atomic E-state index is 0.533. The van der Waals surface area contributed by atoms with E-state index in [0.717, 1.165) is 27.9 Å². The number of hydrogen-bond acceptors (Lipinski definition) is 5. The van der Waals surface area contributed by atoms with Crippen molar-refractivity contribution in [2.24, 2.45) is 0 Å². The fraction of sp³-hybridized carbons (Fsp3) is 0.133. The van der Waals surface area contributed by atoms with Crippen molar-refractivity contribution in [1.82, 2.24) is 20.7 Å². The Morgan fingerprint density at radius 3 is 2.82 bits per heavy atom. The number of thiophene rings is 1. The van der Waals surface area contributed by atoms with Crippen molar-refractivity contribution in [2.75, 3.05) is 12.0 Å². The molecule has 0 bridgehead atoms. The average Bonchev–Trinajstić information content (AvgIpc) is 2.99. The van der Waals surface area contributed by atoms with Gasteiger partial charge in [-0.25, -0.2) is 9.97 Å². The molecule has 22 heavy (non-hydrogen) atoms. The highest BCUT2D eigenvalue weighted by molar-refractivity contribution is 7.80. The summed E-state index contributed by atoms with van der Waals surface area (Å²) in [7, 11) is 0. The van der Waals surface area contributed by atoms with Gasteiger partial charge in [-0.1, -0.05) is 30.3 Å². The molecule has 0 saturated heterocycles. The average molecular weight is 329 g/mol. The molecule has 3 aromatic rings. The highest BCUT2D eigenvalue weighted by atomic mass is 32.1. The third kappa shape index (κ3) is 3.00. The lowest BCUT2D eigenvalue weighted by atomic mass is 10.1. The van der Waals surface area contributed by atoms with Crippen molar-refractivity contribution >= 4 is 44.7 Å². The lowest BCUT2D eigenvalue weighted by Gasteiger charge is -2.12. The number of nitrogens with one attached hydrogen (secondary N) is 3. The fourth-order valence-corrected chi connectivity index (χ4v) is 3.23. The van der Waals surface area contributed by atoms with E-state index in [1.165, 1.54) is 0 Å². The van der Waals surface area contributed by atoms with Crippen LogP contribution in [0.1, 0.15) is 6.92 Å². The van der Waals surface area contributed by atoms with Gasteiger partial charge in [-0.15, -0.1) is 11.3 Å². The quantitative estimate of drug-likeness (QED) is 0.505. The Balaban J connectivity index is 1.97. The summed E-state index contributed by atoms with van der Waals surface area (Å²) in [5.74, 6) is 0.713. The second kappa shape index (κ2) is 6.67. The first-order valence-electron chi connectivity index (χ1n) is 6.87. The number of hydrazine groups is 1. The Labute approximate surface area is 137 Å². The van der Waals surface area contributed by atoms with Crippen molar-refractivity contribution in [3.05, 3.63) is 42.0 Å². The first-order chi connectivity index (χ1) is 10.8. The SMILES string of the molecule is CCNC(=S)NNc1ncnc2scc(-c3ccccc3)c12. The maximum atomic E-state index is 5.16. The number of aromatic nitrogens is 2. The molecule has 0 aliphatic rings. The predicted molar refractivity (Wildman–Crippen MR) is 95.9 cm³/mol. The van der Waals surface area contributed by atoms with Crippen LogP contribution in [-0.4, -0.2) is 21.6 Å². The molecule has 0 amide bonds. The molecule has 3 rings (SSSR count). The summed E-state index contributed by atoms with van der Waals surface area (Å²) in [6, 6.07) is 10.2. The molecule has 3 N–H and O–H groups in total. The summed E-state index contributed by atoms with van der Waals surface area (Å²) in [5, 5.41) is 6.64.